The molecule has 1 amide bonds. The van der Waals surface area contributed by atoms with E-state index in [1.165, 1.54) is 27.0 Å². The first kappa shape index (κ1) is 16.0. The molecule has 1 aromatic carbocycles. The van der Waals surface area contributed by atoms with Gasteiger partial charge in [0.2, 0.25) is 0 Å². The number of methoxy groups -OCH3 is 1. The molecule has 106 valence electrons. The standard InChI is InChI=1S/C12H13BrF3NO2/c1-11(2,19-3)10(18)17-9-6-7(12(14,15)16)4-5-8(9)13/h4-6H,1-3H3,(H,17,18). The van der Waals surface area contributed by atoms with E-state index in [1.807, 2.05) is 0 Å². The minimum absolute atomic E-state index is 0.0463. The molecule has 0 spiro atoms. The second-order valence-corrected chi connectivity index (χ2v) is 5.22. The normalized spacial score (nSPS) is 12.4. The molecule has 1 N–H and O–H groups in total. The van der Waals surface area contributed by atoms with Crippen LogP contribution in [-0.2, 0) is 15.7 Å². The van der Waals surface area contributed by atoms with Crippen molar-refractivity contribution in [2.75, 3.05) is 12.4 Å². The van der Waals surface area contributed by atoms with E-state index in [1.54, 1.807) is 0 Å². The molecule has 1 aromatic rings. The van der Waals surface area contributed by atoms with E-state index >= 15 is 0 Å². The third kappa shape index (κ3) is 3.94. The van der Waals surface area contributed by atoms with Crippen molar-refractivity contribution in [3.8, 4) is 0 Å². The van der Waals surface area contributed by atoms with Crippen LogP contribution in [0.25, 0.3) is 0 Å². The van der Waals surface area contributed by atoms with E-state index in [4.69, 9.17) is 4.74 Å². The summed E-state index contributed by atoms with van der Waals surface area (Å²) in [4.78, 5) is 11.8. The molecule has 0 aliphatic rings. The molecule has 19 heavy (non-hydrogen) atoms. The molecule has 0 bridgehead atoms. The maximum Gasteiger partial charge on any atom is 0.416 e. The largest absolute Gasteiger partial charge is 0.416 e. The van der Waals surface area contributed by atoms with Crippen LogP contribution in [0.1, 0.15) is 19.4 Å². The van der Waals surface area contributed by atoms with Crippen LogP contribution in [0.5, 0.6) is 0 Å². The van der Waals surface area contributed by atoms with Crippen molar-refractivity contribution in [2.24, 2.45) is 0 Å². The highest BCUT2D eigenvalue weighted by molar-refractivity contribution is 9.10. The summed E-state index contributed by atoms with van der Waals surface area (Å²) in [6.45, 7) is 3.04. The van der Waals surface area contributed by atoms with E-state index in [2.05, 4.69) is 21.2 Å². The monoisotopic (exact) mass is 339 g/mol. The molecule has 3 nitrogen and oxygen atoms in total. The number of ether oxygens (including phenoxy) is 1. The minimum Gasteiger partial charge on any atom is -0.369 e. The quantitative estimate of drug-likeness (QED) is 0.908. The molecule has 0 aromatic heterocycles. The fourth-order valence-electron chi connectivity index (χ4n) is 1.16. The summed E-state index contributed by atoms with van der Waals surface area (Å²) in [6, 6.07) is 3.03. The Hall–Kier alpha value is -1.08. The Kier molecular flexibility index (Phi) is 4.63. The van der Waals surface area contributed by atoms with Crippen LogP contribution < -0.4 is 5.32 Å². The average molecular weight is 340 g/mol. The SMILES string of the molecule is COC(C)(C)C(=O)Nc1cc(C(F)(F)F)ccc1Br. The maximum atomic E-state index is 12.6. The molecule has 0 saturated heterocycles. The first-order chi connectivity index (χ1) is 8.58. The van der Waals surface area contributed by atoms with Crippen LogP contribution in [0.15, 0.2) is 22.7 Å². The van der Waals surface area contributed by atoms with Crippen molar-refractivity contribution in [3.05, 3.63) is 28.2 Å². The van der Waals surface area contributed by atoms with Crippen molar-refractivity contribution in [3.63, 3.8) is 0 Å². The van der Waals surface area contributed by atoms with Gasteiger partial charge >= 0.3 is 6.18 Å². The molecule has 0 heterocycles. The Morgan fingerprint density at radius 3 is 2.37 bits per heavy atom. The van der Waals surface area contributed by atoms with Gasteiger partial charge in [0.1, 0.15) is 5.60 Å². The summed E-state index contributed by atoms with van der Waals surface area (Å²) < 4.78 is 43.1. The van der Waals surface area contributed by atoms with Gasteiger partial charge in [-0.05, 0) is 48.0 Å². The van der Waals surface area contributed by atoms with Gasteiger partial charge in [-0.1, -0.05) is 0 Å². The summed E-state index contributed by atoms with van der Waals surface area (Å²) in [5.74, 6) is -0.532. The van der Waals surface area contributed by atoms with Crippen molar-refractivity contribution in [1.82, 2.24) is 0 Å². The molecular weight excluding hydrogens is 327 g/mol. The summed E-state index contributed by atoms with van der Waals surface area (Å²) in [7, 11) is 1.35. The van der Waals surface area contributed by atoms with Gasteiger partial charge in [-0.2, -0.15) is 13.2 Å². The topological polar surface area (TPSA) is 38.3 Å². The average Bonchev–Trinajstić information content (AvgIpc) is 2.30. The highest BCUT2D eigenvalue weighted by Crippen LogP contribution is 2.34. The smallest absolute Gasteiger partial charge is 0.369 e. The predicted octanol–water partition coefficient (Wildman–Crippen LogP) is 3.83. The Morgan fingerprint density at radius 2 is 1.89 bits per heavy atom. The number of hydrogen-bond acceptors (Lipinski definition) is 2. The molecule has 0 aliphatic heterocycles. The van der Waals surface area contributed by atoms with Gasteiger partial charge in [-0.15, -0.1) is 0 Å². The Balaban J connectivity index is 3.05. The lowest BCUT2D eigenvalue weighted by Crippen LogP contribution is -2.38. The second kappa shape index (κ2) is 5.50. The number of carbonyl (C=O) groups is 1. The van der Waals surface area contributed by atoms with Gasteiger partial charge in [0, 0.05) is 11.6 Å². The molecule has 0 saturated carbocycles. The number of halogens is 4. The number of benzene rings is 1. The van der Waals surface area contributed by atoms with Gasteiger partial charge in [0.05, 0.1) is 11.3 Å². The van der Waals surface area contributed by atoms with Crippen LogP contribution in [0.4, 0.5) is 18.9 Å². The molecule has 0 radical (unpaired) electrons. The summed E-state index contributed by atoms with van der Waals surface area (Å²) in [5.41, 5.74) is -1.92. The van der Waals surface area contributed by atoms with Crippen LogP contribution in [0.3, 0.4) is 0 Å². The molecule has 0 fully saturated rings. The lowest BCUT2D eigenvalue weighted by Gasteiger charge is -2.22. The number of hydrogen-bond donors (Lipinski definition) is 1. The summed E-state index contributed by atoms with van der Waals surface area (Å²) in [5, 5.41) is 2.40. The first-order valence-electron chi connectivity index (χ1n) is 5.31. The molecule has 0 unspecified atom stereocenters. The summed E-state index contributed by atoms with van der Waals surface area (Å²) >= 11 is 3.09. The summed E-state index contributed by atoms with van der Waals surface area (Å²) in [6.07, 6.45) is -4.46. The second-order valence-electron chi connectivity index (χ2n) is 4.36. The minimum atomic E-state index is -4.46. The number of alkyl halides is 3. The first-order valence-corrected chi connectivity index (χ1v) is 6.10. The number of rotatable bonds is 3. The molecule has 1 rings (SSSR count). The van der Waals surface area contributed by atoms with Gasteiger partial charge in [-0.3, -0.25) is 4.79 Å². The van der Waals surface area contributed by atoms with E-state index in [0.29, 0.717) is 4.47 Å². The fourth-order valence-corrected chi connectivity index (χ4v) is 1.51. The number of carbonyl (C=O) groups excluding carboxylic acids is 1. The predicted molar refractivity (Wildman–Crippen MR) is 68.9 cm³/mol. The molecule has 0 aliphatic carbocycles. The third-order valence-corrected chi connectivity index (χ3v) is 3.29. The Bertz CT molecular complexity index is 486. The van der Waals surface area contributed by atoms with E-state index in [0.717, 1.165) is 12.1 Å². The zero-order chi connectivity index (χ0) is 14.8. The number of amides is 1. The molecule has 7 heteroatoms. The van der Waals surface area contributed by atoms with E-state index < -0.39 is 23.2 Å². The van der Waals surface area contributed by atoms with Crippen molar-refractivity contribution in [1.29, 1.82) is 0 Å². The fraction of sp³-hybridized carbons (Fsp3) is 0.417. The van der Waals surface area contributed by atoms with E-state index in [-0.39, 0.29) is 5.69 Å². The van der Waals surface area contributed by atoms with Crippen molar-refractivity contribution in [2.45, 2.75) is 25.6 Å². The lowest BCUT2D eigenvalue weighted by atomic mass is 10.1. The maximum absolute atomic E-state index is 12.6. The van der Waals surface area contributed by atoms with Crippen LogP contribution in [0.2, 0.25) is 0 Å². The zero-order valence-corrected chi connectivity index (χ0v) is 12.1. The Morgan fingerprint density at radius 1 is 1.32 bits per heavy atom. The van der Waals surface area contributed by atoms with Crippen molar-refractivity contribution < 1.29 is 22.7 Å². The molecular formula is C12H13BrF3NO2. The van der Waals surface area contributed by atoms with Crippen LogP contribution >= 0.6 is 15.9 Å². The van der Waals surface area contributed by atoms with Gasteiger partial charge in [0.25, 0.3) is 5.91 Å². The highest BCUT2D eigenvalue weighted by atomic mass is 79.9. The highest BCUT2D eigenvalue weighted by Gasteiger charge is 2.32. The van der Waals surface area contributed by atoms with Crippen LogP contribution in [-0.4, -0.2) is 18.6 Å². The van der Waals surface area contributed by atoms with Crippen LogP contribution in [0, 0.1) is 0 Å². The number of anilines is 1. The lowest BCUT2D eigenvalue weighted by molar-refractivity contribution is -0.137. The van der Waals surface area contributed by atoms with Crippen molar-refractivity contribution >= 4 is 27.5 Å². The third-order valence-electron chi connectivity index (χ3n) is 2.60. The van der Waals surface area contributed by atoms with Gasteiger partial charge in [0.15, 0.2) is 0 Å². The Labute approximate surface area is 117 Å². The zero-order valence-electron chi connectivity index (χ0n) is 10.6. The van der Waals surface area contributed by atoms with E-state index in [9.17, 15) is 18.0 Å². The van der Waals surface area contributed by atoms with Gasteiger partial charge in [-0.25, -0.2) is 0 Å². The van der Waals surface area contributed by atoms with Gasteiger partial charge < -0.3 is 10.1 Å². The molecule has 0 atom stereocenters. The number of nitrogens with one attached hydrogen (secondary N) is 1.